The third-order valence-electron chi connectivity index (χ3n) is 4.03. The fourth-order valence-electron chi connectivity index (χ4n) is 2.66. The summed E-state index contributed by atoms with van der Waals surface area (Å²) >= 11 is 3.34. The highest BCUT2D eigenvalue weighted by atomic mass is 79.9. The monoisotopic (exact) mass is 438 g/mol. The van der Waals surface area contributed by atoms with Gasteiger partial charge in [0.05, 0.1) is 12.2 Å². The maximum atomic E-state index is 12.4. The molecule has 0 spiro atoms. The van der Waals surface area contributed by atoms with E-state index in [-0.39, 0.29) is 0 Å². The predicted molar refractivity (Wildman–Crippen MR) is 112 cm³/mol. The zero-order valence-electron chi connectivity index (χ0n) is 15.2. The maximum Gasteiger partial charge on any atom is 0.273 e. The summed E-state index contributed by atoms with van der Waals surface area (Å²) in [5.74, 6) is -0.412. The normalized spacial score (nSPS) is 10.2. The van der Waals surface area contributed by atoms with Gasteiger partial charge in [0.15, 0.2) is 0 Å². The van der Waals surface area contributed by atoms with Crippen molar-refractivity contribution in [2.45, 2.75) is 6.92 Å². The number of carbonyl (C=O) groups is 2. The molecule has 6 heteroatoms. The summed E-state index contributed by atoms with van der Waals surface area (Å²) in [4.78, 5) is 24.8. The van der Waals surface area contributed by atoms with Crippen LogP contribution in [0.25, 0.3) is 11.1 Å². The largest absolute Gasteiger partial charge is 0.493 e. The predicted octanol–water partition coefficient (Wildman–Crippen LogP) is 4.59. The highest BCUT2D eigenvalue weighted by molar-refractivity contribution is 9.10. The zero-order valence-corrected chi connectivity index (χ0v) is 16.8. The van der Waals surface area contributed by atoms with Gasteiger partial charge in [0.25, 0.3) is 11.8 Å². The quantitative estimate of drug-likeness (QED) is 0.572. The molecule has 0 aliphatic carbocycles. The Hall–Kier alpha value is -3.12. The molecule has 142 valence electrons. The van der Waals surface area contributed by atoms with Gasteiger partial charge < -0.3 is 4.74 Å². The minimum atomic E-state index is -0.459. The van der Waals surface area contributed by atoms with Crippen molar-refractivity contribution in [2.24, 2.45) is 0 Å². The second kappa shape index (κ2) is 9.19. The summed E-state index contributed by atoms with van der Waals surface area (Å²) in [7, 11) is 0. The third-order valence-corrected chi connectivity index (χ3v) is 4.52. The van der Waals surface area contributed by atoms with Crippen molar-refractivity contribution in [3.63, 3.8) is 0 Å². The molecule has 0 radical (unpaired) electrons. The lowest BCUT2D eigenvalue weighted by molar-refractivity contribution is 0.0844. The Labute approximate surface area is 171 Å². The molecule has 0 saturated carbocycles. The van der Waals surface area contributed by atoms with E-state index in [1.165, 1.54) is 0 Å². The molecule has 0 aliphatic heterocycles. The van der Waals surface area contributed by atoms with Crippen molar-refractivity contribution in [1.29, 1.82) is 0 Å². The van der Waals surface area contributed by atoms with Gasteiger partial charge in [-0.25, -0.2) is 0 Å². The Morgan fingerprint density at radius 3 is 2.18 bits per heavy atom. The average Bonchev–Trinajstić information content (AvgIpc) is 2.74. The van der Waals surface area contributed by atoms with Crippen LogP contribution in [0.3, 0.4) is 0 Å². The summed E-state index contributed by atoms with van der Waals surface area (Å²) in [6, 6.07) is 22.2. The number of rotatable bonds is 5. The smallest absolute Gasteiger partial charge is 0.273 e. The minimum Gasteiger partial charge on any atom is -0.493 e. The van der Waals surface area contributed by atoms with E-state index in [4.69, 9.17) is 4.74 Å². The first-order chi connectivity index (χ1) is 13.6. The summed E-state index contributed by atoms with van der Waals surface area (Å²) in [5, 5.41) is 0. The molecule has 0 aromatic heterocycles. The number of hydrogen-bond donors (Lipinski definition) is 2. The van der Waals surface area contributed by atoms with Gasteiger partial charge in [0.1, 0.15) is 5.75 Å². The van der Waals surface area contributed by atoms with Gasteiger partial charge in [-0.2, -0.15) is 0 Å². The molecule has 2 amide bonds. The molecule has 0 fully saturated rings. The number of benzene rings is 3. The first kappa shape index (κ1) is 19.6. The topological polar surface area (TPSA) is 67.4 Å². The van der Waals surface area contributed by atoms with Crippen LogP contribution >= 0.6 is 15.9 Å². The van der Waals surface area contributed by atoms with Gasteiger partial charge in [0, 0.05) is 10.0 Å². The van der Waals surface area contributed by atoms with Crippen molar-refractivity contribution in [2.75, 3.05) is 6.61 Å². The molecule has 3 rings (SSSR count). The van der Waals surface area contributed by atoms with E-state index in [1.807, 2.05) is 49.4 Å². The SMILES string of the molecule is CCOc1ccc(Br)cc1C(=O)NNC(=O)c1ccc(-c2ccccc2)cc1. The number of carbonyl (C=O) groups excluding carboxylic acids is 2. The van der Waals surface area contributed by atoms with Crippen molar-refractivity contribution in [3.05, 3.63) is 88.4 Å². The Morgan fingerprint density at radius 1 is 0.857 bits per heavy atom. The van der Waals surface area contributed by atoms with E-state index < -0.39 is 11.8 Å². The molecule has 3 aromatic carbocycles. The van der Waals surface area contributed by atoms with Crippen LogP contribution in [-0.2, 0) is 0 Å². The number of halogens is 1. The molecule has 28 heavy (non-hydrogen) atoms. The van der Waals surface area contributed by atoms with Crippen LogP contribution < -0.4 is 15.6 Å². The summed E-state index contributed by atoms with van der Waals surface area (Å²) in [6.45, 7) is 2.27. The van der Waals surface area contributed by atoms with Crippen molar-refractivity contribution in [1.82, 2.24) is 10.9 Å². The van der Waals surface area contributed by atoms with Gasteiger partial charge in [-0.15, -0.1) is 0 Å². The third kappa shape index (κ3) is 4.78. The molecule has 0 aliphatic rings. The number of nitrogens with one attached hydrogen (secondary N) is 2. The zero-order chi connectivity index (χ0) is 19.9. The van der Waals surface area contributed by atoms with Gasteiger partial charge in [0.2, 0.25) is 0 Å². The van der Waals surface area contributed by atoms with E-state index in [9.17, 15) is 9.59 Å². The molecule has 0 heterocycles. The van der Waals surface area contributed by atoms with E-state index in [2.05, 4.69) is 26.8 Å². The lowest BCUT2D eigenvalue weighted by Gasteiger charge is -2.12. The van der Waals surface area contributed by atoms with Crippen molar-refractivity contribution >= 4 is 27.7 Å². The second-order valence-corrected chi connectivity index (χ2v) is 6.84. The number of ether oxygens (including phenoxy) is 1. The van der Waals surface area contributed by atoms with Crippen LogP contribution in [0.15, 0.2) is 77.3 Å². The van der Waals surface area contributed by atoms with Crippen molar-refractivity contribution < 1.29 is 14.3 Å². The summed E-state index contributed by atoms with van der Waals surface area (Å²) < 4.78 is 6.21. The fraction of sp³-hybridized carbons (Fsp3) is 0.0909. The Balaban J connectivity index is 1.66. The Bertz CT molecular complexity index is 973. The molecule has 0 atom stereocenters. The number of hydrazine groups is 1. The maximum absolute atomic E-state index is 12.4. The highest BCUT2D eigenvalue weighted by Crippen LogP contribution is 2.23. The van der Waals surface area contributed by atoms with Crippen LogP contribution in [0.1, 0.15) is 27.6 Å². The molecule has 0 saturated heterocycles. The molecule has 0 bridgehead atoms. The Morgan fingerprint density at radius 2 is 1.50 bits per heavy atom. The first-order valence-electron chi connectivity index (χ1n) is 8.77. The van der Waals surface area contributed by atoms with Crippen LogP contribution in [0.4, 0.5) is 0 Å². The van der Waals surface area contributed by atoms with Crippen LogP contribution in [0.5, 0.6) is 5.75 Å². The lowest BCUT2D eigenvalue weighted by Crippen LogP contribution is -2.41. The van der Waals surface area contributed by atoms with E-state index in [0.29, 0.717) is 23.5 Å². The fourth-order valence-corrected chi connectivity index (χ4v) is 3.02. The van der Waals surface area contributed by atoms with Crippen molar-refractivity contribution in [3.8, 4) is 16.9 Å². The van der Waals surface area contributed by atoms with Crippen LogP contribution in [-0.4, -0.2) is 18.4 Å². The summed E-state index contributed by atoms with van der Waals surface area (Å²) in [6.07, 6.45) is 0. The highest BCUT2D eigenvalue weighted by Gasteiger charge is 2.14. The van der Waals surface area contributed by atoms with E-state index in [1.54, 1.807) is 30.3 Å². The summed E-state index contributed by atoms with van der Waals surface area (Å²) in [5.41, 5.74) is 7.72. The molecular formula is C22H19BrN2O3. The van der Waals surface area contributed by atoms with E-state index in [0.717, 1.165) is 15.6 Å². The minimum absolute atomic E-state index is 0.330. The molecule has 3 aromatic rings. The average molecular weight is 439 g/mol. The molecule has 5 nitrogen and oxygen atoms in total. The van der Waals surface area contributed by atoms with Gasteiger partial charge in [-0.05, 0) is 48.4 Å². The Kier molecular flexibility index (Phi) is 6.45. The van der Waals surface area contributed by atoms with Crippen LogP contribution in [0.2, 0.25) is 0 Å². The molecule has 0 unspecified atom stereocenters. The standard InChI is InChI=1S/C22H19BrN2O3/c1-2-28-20-13-12-18(23)14-19(20)22(27)25-24-21(26)17-10-8-16(9-11-17)15-6-4-3-5-7-15/h3-14H,2H2,1H3,(H,24,26)(H,25,27). The first-order valence-corrected chi connectivity index (χ1v) is 9.56. The van der Waals surface area contributed by atoms with Gasteiger partial charge in [-0.1, -0.05) is 58.4 Å². The molecular weight excluding hydrogens is 420 g/mol. The number of hydrogen-bond acceptors (Lipinski definition) is 3. The second-order valence-electron chi connectivity index (χ2n) is 5.93. The molecule has 2 N–H and O–H groups in total. The lowest BCUT2D eigenvalue weighted by atomic mass is 10.0. The van der Waals surface area contributed by atoms with Gasteiger partial charge >= 0.3 is 0 Å². The van der Waals surface area contributed by atoms with Crippen LogP contribution in [0, 0.1) is 0 Å². The van der Waals surface area contributed by atoms with Gasteiger partial charge in [-0.3, -0.25) is 20.4 Å². The number of amides is 2. The van der Waals surface area contributed by atoms with E-state index >= 15 is 0 Å².